The minimum atomic E-state index is 0.709. The summed E-state index contributed by atoms with van der Waals surface area (Å²) in [7, 11) is 0. The second-order valence-corrected chi connectivity index (χ2v) is 14.3. The van der Waals surface area contributed by atoms with Crippen LogP contribution in [0.1, 0.15) is 0 Å². The van der Waals surface area contributed by atoms with Crippen LogP contribution in [0, 0.1) is 0 Å². The standard InChI is InChI=1S/C44H27N3S2/c1-3-12-29(13-4-1)35-27-36(30-14-5-2-6-15-30)46-44(45-35)31-19-22-32(23-20-31)47-37-25-21-28-11-7-8-16-33(28)41(37)34-24-26-40-43(42(34)47)49-39-18-10-9-17-38(39)48-40/h1-27H. The fourth-order valence-electron chi connectivity index (χ4n) is 6.97. The van der Waals surface area contributed by atoms with Crippen molar-refractivity contribution in [3.05, 3.63) is 164 Å². The Morgan fingerprint density at radius 1 is 0.449 bits per heavy atom. The highest BCUT2D eigenvalue weighted by atomic mass is 32.2. The maximum atomic E-state index is 5.08. The molecule has 49 heavy (non-hydrogen) atoms. The summed E-state index contributed by atoms with van der Waals surface area (Å²) in [6.07, 6.45) is 0. The molecule has 0 N–H and O–H groups in total. The summed E-state index contributed by atoms with van der Waals surface area (Å²) in [5.74, 6) is 0.709. The fraction of sp³-hybridized carbons (Fsp3) is 0. The lowest BCUT2D eigenvalue weighted by atomic mass is 10.0. The molecule has 0 aliphatic carbocycles. The molecule has 5 heteroatoms. The average Bonchev–Trinajstić information content (AvgIpc) is 3.53. The Hall–Kier alpha value is -5.62. The molecule has 2 aromatic heterocycles. The number of benzene rings is 7. The van der Waals surface area contributed by atoms with Crippen LogP contribution in [0.2, 0.25) is 0 Å². The van der Waals surface area contributed by atoms with Crippen molar-refractivity contribution in [2.45, 2.75) is 19.6 Å². The van der Waals surface area contributed by atoms with Gasteiger partial charge in [0, 0.05) is 47.8 Å². The summed E-state index contributed by atoms with van der Waals surface area (Å²) in [5.41, 5.74) is 8.49. The number of aromatic nitrogens is 3. The molecule has 0 unspecified atom stereocenters. The Morgan fingerprint density at radius 3 is 1.80 bits per heavy atom. The van der Waals surface area contributed by atoms with Gasteiger partial charge in [-0.1, -0.05) is 133 Å². The Bertz CT molecular complexity index is 2640. The van der Waals surface area contributed by atoms with E-state index in [1.165, 1.54) is 52.2 Å². The highest BCUT2D eigenvalue weighted by molar-refractivity contribution is 8.05. The van der Waals surface area contributed by atoms with Crippen molar-refractivity contribution in [2.24, 2.45) is 0 Å². The zero-order valence-corrected chi connectivity index (χ0v) is 27.9. The molecule has 9 aromatic rings. The van der Waals surface area contributed by atoms with Crippen LogP contribution in [0.15, 0.2) is 183 Å². The van der Waals surface area contributed by atoms with Crippen molar-refractivity contribution in [1.29, 1.82) is 0 Å². The molecule has 0 saturated carbocycles. The summed E-state index contributed by atoms with van der Waals surface area (Å²) in [6.45, 7) is 0. The van der Waals surface area contributed by atoms with Crippen molar-refractivity contribution in [1.82, 2.24) is 14.5 Å². The van der Waals surface area contributed by atoms with Crippen LogP contribution in [0.4, 0.5) is 0 Å². The van der Waals surface area contributed by atoms with Gasteiger partial charge in [0.25, 0.3) is 0 Å². The van der Waals surface area contributed by atoms with Gasteiger partial charge in [-0.05, 0) is 65.4 Å². The van der Waals surface area contributed by atoms with Crippen LogP contribution in [0.5, 0.6) is 0 Å². The van der Waals surface area contributed by atoms with E-state index in [1.807, 2.05) is 35.7 Å². The smallest absolute Gasteiger partial charge is 0.160 e. The predicted molar refractivity (Wildman–Crippen MR) is 205 cm³/mol. The maximum absolute atomic E-state index is 5.08. The normalized spacial score (nSPS) is 12.3. The van der Waals surface area contributed by atoms with Gasteiger partial charge in [0.05, 0.1) is 27.3 Å². The van der Waals surface area contributed by atoms with Gasteiger partial charge in [-0.15, -0.1) is 0 Å². The molecule has 0 atom stereocenters. The topological polar surface area (TPSA) is 30.7 Å². The second-order valence-electron chi connectivity index (χ2n) is 12.2. The summed E-state index contributed by atoms with van der Waals surface area (Å²) in [6, 6.07) is 58.2. The first-order chi connectivity index (χ1) is 24.3. The van der Waals surface area contributed by atoms with Crippen molar-refractivity contribution in [3.63, 3.8) is 0 Å². The first kappa shape index (κ1) is 28.4. The van der Waals surface area contributed by atoms with E-state index in [4.69, 9.17) is 9.97 Å². The van der Waals surface area contributed by atoms with Gasteiger partial charge in [0.15, 0.2) is 5.82 Å². The minimum absolute atomic E-state index is 0.709. The van der Waals surface area contributed by atoms with Gasteiger partial charge in [0.2, 0.25) is 0 Å². The third kappa shape index (κ3) is 4.77. The molecule has 0 amide bonds. The van der Waals surface area contributed by atoms with E-state index in [0.29, 0.717) is 5.82 Å². The highest BCUT2D eigenvalue weighted by Gasteiger charge is 2.24. The summed E-state index contributed by atoms with van der Waals surface area (Å²) < 4.78 is 2.46. The van der Waals surface area contributed by atoms with E-state index in [0.717, 1.165) is 33.8 Å². The summed E-state index contributed by atoms with van der Waals surface area (Å²) >= 11 is 3.74. The fourth-order valence-corrected chi connectivity index (χ4v) is 9.35. The van der Waals surface area contributed by atoms with Crippen molar-refractivity contribution in [2.75, 3.05) is 0 Å². The predicted octanol–water partition coefficient (Wildman–Crippen LogP) is 12.3. The molecule has 7 aromatic carbocycles. The molecule has 1 aliphatic heterocycles. The summed E-state index contributed by atoms with van der Waals surface area (Å²) in [4.78, 5) is 15.4. The molecule has 1 aliphatic rings. The first-order valence-electron chi connectivity index (χ1n) is 16.3. The van der Waals surface area contributed by atoms with Gasteiger partial charge in [-0.3, -0.25) is 0 Å². The van der Waals surface area contributed by atoms with E-state index in [2.05, 4.69) is 156 Å². The molecule has 0 fully saturated rings. The highest BCUT2D eigenvalue weighted by Crippen LogP contribution is 2.53. The molecule has 10 rings (SSSR count). The van der Waals surface area contributed by atoms with Crippen molar-refractivity contribution < 1.29 is 0 Å². The van der Waals surface area contributed by atoms with E-state index in [-0.39, 0.29) is 0 Å². The number of rotatable bonds is 4. The third-order valence-corrected chi connectivity index (χ3v) is 11.9. The third-order valence-electron chi connectivity index (χ3n) is 9.27. The van der Waals surface area contributed by atoms with E-state index < -0.39 is 0 Å². The minimum Gasteiger partial charge on any atom is -0.308 e. The second kappa shape index (κ2) is 11.5. The monoisotopic (exact) mass is 661 g/mol. The number of nitrogens with zero attached hydrogens (tertiary/aromatic N) is 3. The van der Waals surface area contributed by atoms with E-state index >= 15 is 0 Å². The number of fused-ring (bicyclic) bond motifs is 8. The van der Waals surface area contributed by atoms with Crippen LogP contribution >= 0.6 is 23.5 Å². The molecule has 230 valence electrons. The van der Waals surface area contributed by atoms with Crippen LogP contribution in [-0.4, -0.2) is 14.5 Å². The van der Waals surface area contributed by atoms with Gasteiger partial charge in [-0.25, -0.2) is 9.97 Å². The van der Waals surface area contributed by atoms with Crippen LogP contribution in [0.3, 0.4) is 0 Å². The first-order valence-corrected chi connectivity index (χ1v) is 18.0. The zero-order valence-electron chi connectivity index (χ0n) is 26.2. The molecule has 0 spiro atoms. The van der Waals surface area contributed by atoms with Gasteiger partial charge in [0.1, 0.15) is 0 Å². The quantitative estimate of drug-likeness (QED) is 0.188. The molecule has 0 bridgehead atoms. The molecular weight excluding hydrogens is 635 g/mol. The SMILES string of the molecule is c1ccc(-c2cc(-c3ccccc3)nc(-c3ccc(-n4c5ccc6ccccc6c5c5ccc6c(c54)Sc4ccccc4S6)cc3)n2)cc1. The van der Waals surface area contributed by atoms with E-state index in [1.54, 1.807) is 0 Å². The Balaban J connectivity index is 1.17. The van der Waals surface area contributed by atoms with Gasteiger partial charge < -0.3 is 4.57 Å². The Labute approximate surface area is 292 Å². The lowest BCUT2D eigenvalue weighted by Gasteiger charge is -2.20. The van der Waals surface area contributed by atoms with E-state index in [9.17, 15) is 0 Å². The van der Waals surface area contributed by atoms with Crippen LogP contribution in [0.25, 0.3) is 72.2 Å². The van der Waals surface area contributed by atoms with Crippen molar-refractivity contribution >= 4 is 56.1 Å². The molecule has 0 radical (unpaired) electrons. The zero-order chi connectivity index (χ0) is 32.3. The largest absolute Gasteiger partial charge is 0.308 e. The molecular formula is C44H27N3S2. The Morgan fingerprint density at radius 2 is 1.08 bits per heavy atom. The van der Waals surface area contributed by atoms with Gasteiger partial charge in [-0.2, -0.15) is 0 Å². The number of hydrogen-bond acceptors (Lipinski definition) is 4. The molecule has 0 saturated heterocycles. The summed E-state index contributed by atoms with van der Waals surface area (Å²) in [5, 5.41) is 5.08. The number of hydrogen-bond donors (Lipinski definition) is 0. The Kier molecular flexibility index (Phi) is 6.67. The lowest BCUT2D eigenvalue weighted by Crippen LogP contribution is -1.99. The van der Waals surface area contributed by atoms with Crippen LogP contribution < -0.4 is 0 Å². The van der Waals surface area contributed by atoms with Crippen molar-refractivity contribution in [3.8, 4) is 39.6 Å². The van der Waals surface area contributed by atoms with Crippen LogP contribution in [-0.2, 0) is 0 Å². The van der Waals surface area contributed by atoms with Gasteiger partial charge >= 0.3 is 0 Å². The lowest BCUT2D eigenvalue weighted by molar-refractivity contribution is 1.11. The average molecular weight is 662 g/mol. The molecule has 3 nitrogen and oxygen atoms in total. The maximum Gasteiger partial charge on any atom is 0.160 e. The molecule has 3 heterocycles.